The van der Waals surface area contributed by atoms with E-state index in [0.717, 1.165) is 37.1 Å². The number of nitrogens with zero attached hydrogens (tertiary/aromatic N) is 1. The normalized spacial score (nSPS) is 14.5. The number of carboxylic acids is 1. The number of anilines is 1. The minimum atomic E-state index is -3.70. The van der Waals surface area contributed by atoms with E-state index in [1.807, 2.05) is 6.07 Å². The van der Waals surface area contributed by atoms with Crippen molar-refractivity contribution in [2.75, 3.05) is 17.8 Å². The number of hydrogen-bond acceptors (Lipinski definition) is 4. The zero-order valence-electron chi connectivity index (χ0n) is 15.4. The maximum absolute atomic E-state index is 12.7. The van der Waals surface area contributed by atoms with E-state index in [1.54, 1.807) is 36.4 Å². The summed E-state index contributed by atoms with van der Waals surface area (Å²) < 4.78 is 28.0. The highest BCUT2D eigenvalue weighted by Crippen LogP contribution is 2.25. The summed E-state index contributed by atoms with van der Waals surface area (Å²) in [6.45, 7) is 2.38. The molecular formula is C20H23ClN2O4S. The lowest BCUT2D eigenvalue weighted by atomic mass is 9.99. The molecule has 2 aromatic rings. The molecule has 1 heterocycles. The molecular weight excluding hydrogens is 400 g/mol. The van der Waals surface area contributed by atoms with Gasteiger partial charge in [0, 0.05) is 24.5 Å². The molecule has 0 aromatic heterocycles. The van der Waals surface area contributed by atoms with Gasteiger partial charge in [-0.2, -0.15) is 0 Å². The quantitative estimate of drug-likeness (QED) is 0.632. The molecule has 2 aromatic carbocycles. The van der Waals surface area contributed by atoms with Crippen LogP contribution in [-0.4, -0.2) is 37.5 Å². The molecule has 0 bridgehead atoms. The van der Waals surface area contributed by atoms with Gasteiger partial charge in [-0.15, -0.1) is 0 Å². The minimum Gasteiger partial charge on any atom is -0.481 e. The van der Waals surface area contributed by atoms with E-state index in [-0.39, 0.29) is 11.3 Å². The predicted octanol–water partition coefficient (Wildman–Crippen LogP) is 3.75. The van der Waals surface area contributed by atoms with Crippen LogP contribution < -0.4 is 4.72 Å². The molecule has 0 saturated heterocycles. The molecule has 0 aliphatic carbocycles. The van der Waals surface area contributed by atoms with Gasteiger partial charge in [0.25, 0.3) is 10.0 Å². The second kappa shape index (κ2) is 8.94. The Labute approximate surface area is 170 Å². The second-order valence-corrected chi connectivity index (χ2v) is 9.04. The van der Waals surface area contributed by atoms with Crippen LogP contribution in [0.4, 0.5) is 5.69 Å². The number of carbonyl (C=O) groups is 1. The number of fused-ring (bicyclic) bond motifs is 1. The molecule has 0 spiro atoms. The van der Waals surface area contributed by atoms with Crippen LogP contribution in [0.15, 0.2) is 47.4 Å². The Morgan fingerprint density at radius 3 is 2.71 bits per heavy atom. The van der Waals surface area contributed by atoms with Crippen LogP contribution in [0, 0.1) is 0 Å². The average Bonchev–Trinajstić information content (AvgIpc) is 2.64. The number of unbranched alkanes of at least 4 members (excludes halogenated alkanes) is 1. The molecule has 0 saturated carbocycles. The number of nitrogens with one attached hydrogen (secondary N) is 1. The fourth-order valence-corrected chi connectivity index (χ4v) is 4.62. The van der Waals surface area contributed by atoms with Crippen LogP contribution in [-0.2, 0) is 27.8 Å². The predicted molar refractivity (Wildman–Crippen MR) is 109 cm³/mol. The third-order valence-corrected chi connectivity index (χ3v) is 6.39. The van der Waals surface area contributed by atoms with Crippen molar-refractivity contribution in [3.63, 3.8) is 0 Å². The Morgan fingerprint density at radius 2 is 1.96 bits per heavy atom. The van der Waals surface area contributed by atoms with Crippen molar-refractivity contribution in [3.05, 3.63) is 58.6 Å². The standard InChI is InChI=1S/C20H23ClN2O4S/c21-17-4-3-5-18(13-17)22-28(26,27)19-8-7-15-9-11-23(14-16(15)12-19)10-2-1-6-20(24)25/h3-5,7-8,12-13,22H,1-2,6,9-11,14H2,(H,24,25). The zero-order valence-corrected chi connectivity index (χ0v) is 17.0. The van der Waals surface area contributed by atoms with Crippen molar-refractivity contribution < 1.29 is 18.3 Å². The fraction of sp³-hybridized carbons (Fsp3) is 0.350. The minimum absolute atomic E-state index is 0.183. The highest BCUT2D eigenvalue weighted by atomic mass is 35.5. The van der Waals surface area contributed by atoms with Crippen LogP contribution >= 0.6 is 11.6 Å². The lowest BCUT2D eigenvalue weighted by molar-refractivity contribution is -0.137. The van der Waals surface area contributed by atoms with Crippen molar-refractivity contribution in [3.8, 4) is 0 Å². The van der Waals surface area contributed by atoms with E-state index in [0.29, 0.717) is 23.7 Å². The van der Waals surface area contributed by atoms with Gasteiger partial charge in [-0.3, -0.25) is 14.4 Å². The van der Waals surface area contributed by atoms with Gasteiger partial charge < -0.3 is 5.11 Å². The molecule has 1 aliphatic rings. The molecule has 28 heavy (non-hydrogen) atoms. The number of benzene rings is 2. The topological polar surface area (TPSA) is 86.7 Å². The largest absolute Gasteiger partial charge is 0.481 e. The summed E-state index contributed by atoms with van der Waals surface area (Å²) in [4.78, 5) is 13.1. The number of aliphatic carboxylic acids is 1. The summed E-state index contributed by atoms with van der Waals surface area (Å²) >= 11 is 5.93. The number of halogens is 1. The van der Waals surface area contributed by atoms with Crippen molar-refractivity contribution in [1.82, 2.24) is 4.90 Å². The first-order valence-corrected chi connectivity index (χ1v) is 11.0. The van der Waals surface area contributed by atoms with Gasteiger partial charge in [0.2, 0.25) is 0 Å². The van der Waals surface area contributed by atoms with E-state index in [2.05, 4.69) is 9.62 Å². The maximum atomic E-state index is 12.7. The summed E-state index contributed by atoms with van der Waals surface area (Å²) in [5.41, 5.74) is 2.58. The number of hydrogen-bond donors (Lipinski definition) is 2. The second-order valence-electron chi connectivity index (χ2n) is 6.92. The fourth-order valence-electron chi connectivity index (χ4n) is 3.33. The summed E-state index contributed by atoms with van der Waals surface area (Å²) in [6.07, 6.45) is 2.50. The summed E-state index contributed by atoms with van der Waals surface area (Å²) in [7, 11) is -3.70. The van der Waals surface area contributed by atoms with Crippen molar-refractivity contribution in [2.24, 2.45) is 0 Å². The van der Waals surface area contributed by atoms with Crippen LogP contribution in [0.1, 0.15) is 30.4 Å². The molecule has 6 nitrogen and oxygen atoms in total. The lowest BCUT2D eigenvalue weighted by Gasteiger charge is -2.29. The van der Waals surface area contributed by atoms with Gasteiger partial charge in [0.1, 0.15) is 0 Å². The van der Waals surface area contributed by atoms with Crippen molar-refractivity contribution in [1.29, 1.82) is 0 Å². The van der Waals surface area contributed by atoms with Crippen LogP contribution in [0.25, 0.3) is 0 Å². The van der Waals surface area contributed by atoms with Crippen LogP contribution in [0.2, 0.25) is 5.02 Å². The monoisotopic (exact) mass is 422 g/mol. The lowest BCUT2D eigenvalue weighted by Crippen LogP contribution is -2.31. The zero-order chi connectivity index (χ0) is 20.1. The Hall–Kier alpha value is -2.09. The number of carboxylic acid groups (broad SMARTS) is 1. The summed E-state index contributed by atoms with van der Waals surface area (Å²) in [5.74, 6) is -0.772. The van der Waals surface area contributed by atoms with Gasteiger partial charge in [0.15, 0.2) is 0 Å². The Bertz CT molecular complexity index is 962. The molecule has 0 unspecified atom stereocenters. The number of rotatable bonds is 8. The van der Waals surface area contributed by atoms with Gasteiger partial charge >= 0.3 is 5.97 Å². The molecule has 0 amide bonds. The highest BCUT2D eigenvalue weighted by molar-refractivity contribution is 7.92. The first-order chi connectivity index (χ1) is 13.3. The van der Waals surface area contributed by atoms with E-state index >= 15 is 0 Å². The first-order valence-electron chi connectivity index (χ1n) is 9.18. The third kappa shape index (κ3) is 5.47. The smallest absolute Gasteiger partial charge is 0.303 e. The molecule has 0 radical (unpaired) electrons. The average molecular weight is 423 g/mol. The van der Waals surface area contributed by atoms with E-state index < -0.39 is 16.0 Å². The van der Waals surface area contributed by atoms with Gasteiger partial charge in [-0.25, -0.2) is 8.42 Å². The molecule has 1 aliphatic heterocycles. The summed E-state index contributed by atoms with van der Waals surface area (Å²) in [5, 5.41) is 9.19. The molecule has 3 rings (SSSR count). The van der Waals surface area contributed by atoms with Crippen molar-refractivity contribution >= 4 is 33.3 Å². The molecule has 0 atom stereocenters. The van der Waals surface area contributed by atoms with E-state index in [1.165, 1.54) is 0 Å². The van der Waals surface area contributed by atoms with Crippen molar-refractivity contribution in [2.45, 2.75) is 37.1 Å². The van der Waals surface area contributed by atoms with Gasteiger partial charge in [-0.05, 0) is 67.3 Å². The Balaban J connectivity index is 1.68. The molecule has 150 valence electrons. The van der Waals surface area contributed by atoms with E-state index in [9.17, 15) is 13.2 Å². The maximum Gasteiger partial charge on any atom is 0.303 e. The van der Waals surface area contributed by atoms with Gasteiger partial charge in [-0.1, -0.05) is 23.7 Å². The van der Waals surface area contributed by atoms with Gasteiger partial charge in [0.05, 0.1) is 10.6 Å². The first kappa shape index (κ1) is 20.6. The van der Waals surface area contributed by atoms with Crippen LogP contribution in [0.3, 0.4) is 0 Å². The number of sulfonamides is 1. The highest BCUT2D eigenvalue weighted by Gasteiger charge is 2.20. The van der Waals surface area contributed by atoms with Crippen LogP contribution in [0.5, 0.6) is 0 Å². The Kier molecular flexibility index (Phi) is 6.59. The SMILES string of the molecule is O=C(O)CCCCN1CCc2ccc(S(=O)(=O)Nc3cccc(Cl)c3)cc2C1. The summed E-state index contributed by atoms with van der Waals surface area (Å²) in [6, 6.07) is 11.8. The third-order valence-electron chi connectivity index (χ3n) is 4.77. The Morgan fingerprint density at radius 1 is 1.14 bits per heavy atom. The molecule has 2 N–H and O–H groups in total. The molecule has 8 heteroatoms. The van der Waals surface area contributed by atoms with E-state index in [4.69, 9.17) is 16.7 Å². The molecule has 0 fully saturated rings.